The highest BCUT2D eigenvalue weighted by molar-refractivity contribution is 7.90. The van der Waals surface area contributed by atoms with E-state index in [1.807, 2.05) is 6.07 Å². The Kier molecular flexibility index (Phi) is 7.10. The standard InChI is InChI=1S/C23H24N2O5S2/c1-14-12-16(6-10-19(14)22(27)28)7-11-20-21(31-23(25-20)24-15(2)26)13-17-4-8-18(9-5-17)32(3,29)30/h4-6,8-10,12H,7,11,13H2,1-3H3,(H,27,28)(H,24,25,26). The molecule has 9 heteroatoms. The molecule has 1 amide bonds. The minimum absolute atomic E-state index is 0.200. The number of sulfone groups is 1. The molecule has 3 rings (SSSR count). The van der Waals surface area contributed by atoms with Crippen molar-refractivity contribution < 1.29 is 23.1 Å². The average Bonchev–Trinajstić information content (AvgIpc) is 3.06. The first kappa shape index (κ1) is 23.6. The number of aromatic nitrogens is 1. The lowest BCUT2D eigenvalue weighted by Crippen LogP contribution is -2.05. The maximum absolute atomic E-state index is 11.7. The van der Waals surface area contributed by atoms with Gasteiger partial charge in [0, 0.05) is 24.5 Å². The lowest BCUT2D eigenvalue weighted by Gasteiger charge is -2.07. The Balaban J connectivity index is 1.82. The van der Waals surface area contributed by atoms with Gasteiger partial charge in [0.05, 0.1) is 16.2 Å². The molecule has 7 nitrogen and oxygen atoms in total. The molecule has 0 aliphatic heterocycles. The van der Waals surface area contributed by atoms with E-state index in [1.54, 1.807) is 43.3 Å². The van der Waals surface area contributed by atoms with Crippen molar-refractivity contribution >= 4 is 38.2 Å². The Labute approximate surface area is 191 Å². The molecule has 0 spiro atoms. The quantitative estimate of drug-likeness (QED) is 0.514. The van der Waals surface area contributed by atoms with Gasteiger partial charge in [-0.3, -0.25) is 4.79 Å². The third kappa shape index (κ3) is 6.02. The molecule has 32 heavy (non-hydrogen) atoms. The summed E-state index contributed by atoms with van der Waals surface area (Å²) in [5.74, 6) is -1.15. The molecule has 0 aliphatic carbocycles. The van der Waals surface area contributed by atoms with Crippen molar-refractivity contribution in [2.24, 2.45) is 0 Å². The number of carboxylic acids is 1. The first-order valence-corrected chi connectivity index (χ1v) is 12.6. The SMILES string of the molecule is CC(=O)Nc1nc(CCc2ccc(C(=O)O)c(C)c2)c(Cc2ccc(S(C)(=O)=O)cc2)s1. The summed E-state index contributed by atoms with van der Waals surface area (Å²) in [5.41, 5.74) is 3.79. The maximum atomic E-state index is 11.7. The summed E-state index contributed by atoms with van der Waals surface area (Å²) in [6, 6.07) is 12.0. The van der Waals surface area contributed by atoms with E-state index in [2.05, 4.69) is 10.3 Å². The summed E-state index contributed by atoms with van der Waals surface area (Å²) in [6.07, 6.45) is 3.03. The second-order valence-corrected chi connectivity index (χ2v) is 10.7. The molecule has 3 aromatic rings. The first-order valence-electron chi connectivity index (χ1n) is 9.91. The van der Waals surface area contributed by atoms with Crippen molar-refractivity contribution in [3.8, 4) is 0 Å². The zero-order valence-corrected chi connectivity index (χ0v) is 19.6. The van der Waals surface area contributed by atoms with Gasteiger partial charge in [0.1, 0.15) is 0 Å². The second kappa shape index (κ2) is 9.62. The fourth-order valence-corrected chi connectivity index (χ4v) is 5.06. The Morgan fingerprint density at radius 1 is 1.06 bits per heavy atom. The van der Waals surface area contributed by atoms with Gasteiger partial charge < -0.3 is 10.4 Å². The largest absolute Gasteiger partial charge is 0.478 e. The van der Waals surface area contributed by atoms with Crippen LogP contribution in [-0.2, 0) is 33.9 Å². The monoisotopic (exact) mass is 472 g/mol. The smallest absolute Gasteiger partial charge is 0.335 e. The number of anilines is 1. The van der Waals surface area contributed by atoms with Gasteiger partial charge in [-0.15, -0.1) is 11.3 Å². The molecular weight excluding hydrogens is 448 g/mol. The molecule has 2 N–H and O–H groups in total. The van der Waals surface area contributed by atoms with Gasteiger partial charge in [0.15, 0.2) is 15.0 Å². The minimum atomic E-state index is -3.26. The highest BCUT2D eigenvalue weighted by Crippen LogP contribution is 2.27. The molecule has 0 bridgehead atoms. The number of carbonyl (C=O) groups excluding carboxylic acids is 1. The molecule has 1 aromatic heterocycles. The van der Waals surface area contributed by atoms with Crippen molar-refractivity contribution in [2.75, 3.05) is 11.6 Å². The van der Waals surface area contributed by atoms with E-state index in [9.17, 15) is 23.1 Å². The van der Waals surface area contributed by atoms with Crippen LogP contribution in [0.25, 0.3) is 0 Å². The van der Waals surface area contributed by atoms with Crippen LogP contribution in [0.15, 0.2) is 47.4 Å². The molecule has 0 saturated carbocycles. The van der Waals surface area contributed by atoms with Crippen LogP contribution in [0.2, 0.25) is 0 Å². The number of aryl methyl sites for hydroxylation is 3. The summed E-state index contributed by atoms with van der Waals surface area (Å²) in [5, 5.41) is 12.5. The number of benzene rings is 2. The number of aromatic carboxylic acids is 1. The Morgan fingerprint density at radius 2 is 1.72 bits per heavy atom. The van der Waals surface area contributed by atoms with Crippen LogP contribution in [0.1, 0.15) is 44.5 Å². The van der Waals surface area contributed by atoms with E-state index in [4.69, 9.17) is 0 Å². The van der Waals surface area contributed by atoms with E-state index >= 15 is 0 Å². The van der Waals surface area contributed by atoms with Crippen molar-refractivity contribution in [3.05, 3.63) is 75.3 Å². The molecule has 1 heterocycles. The van der Waals surface area contributed by atoms with Gasteiger partial charge >= 0.3 is 5.97 Å². The lowest BCUT2D eigenvalue weighted by atomic mass is 10.0. The Morgan fingerprint density at radius 3 is 2.28 bits per heavy atom. The molecular formula is C23H24N2O5S2. The summed E-state index contributed by atoms with van der Waals surface area (Å²) >= 11 is 1.40. The van der Waals surface area contributed by atoms with Crippen LogP contribution in [0.4, 0.5) is 5.13 Å². The fraction of sp³-hybridized carbons (Fsp3) is 0.261. The van der Waals surface area contributed by atoms with E-state index in [0.29, 0.717) is 30.0 Å². The molecule has 2 aromatic carbocycles. The summed E-state index contributed by atoms with van der Waals surface area (Å²) in [4.78, 5) is 28.5. The molecule has 0 fully saturated rings. The molecule has 0 unspecified atom stereocenters. The Bertz CT molecular complexity index is 1260. The van der Waals surface area contributed by atoms with Crippen LogP contribution in [0.3, 0.4) is 0 Å². The number of rotatable bonds is 8. The van der Waals surface area contributed by atoms with E-state index in [1.165, 1.54) is 24.5 Å². The van der Waals surface area contributed by atoms with Gasteiger partial charge in [-0.05, 0) is 54.7 Å². The summed E-state index contributed by atoms with van der Waals surface area (Å²) in [6.45, 7) is 3.20. The molecule has 0 radical (unpaired) electrons. The highest BCUT2D eigenvalue weighted by atomic mass is 32.2. The van der Waals surface area contributed by atoms with Crippen LogP contribution in [-0.4, -0.2) is 36.6 Å². The van der Waals surface area contributed by atoms with Gasteiger partial charge in [0.25, 0.3) is 0 Å². The molecule has 0 atom stereocenters. The van der Waals surface area contributed by atoms with Gasteiger partial charge in [-0.2, -0.15) is 0 Å². The first-order chi connectivity index (χ1) is 15.0. The number of nitrogens with zero attached hydrogens (tertiary/aromatic N) is 1. The maximum Gasteiger partial charge on any atom is 0.335 e. The number of hydrogen-bond donors (Lipinski definition) is 2. The number of carbonyl (C=O) groups is 2. The molecule has 0 saturated heterocycles. The van der Waals surface area contributed by atoms with E-state index in [-0.39, 0.29) is 16.4 Å². The van der Waals surface area contributed by atoms with Crippen molar-refractivity contribution in [1.82, 2.24) is 4.98 Å². The minimum Gasteiger partial charge on any atom is -0.478 e. The third-order valence-corrected chi connectivity index (χ3v) is 7.09. The number of hydrogen-bond acceptors (Lipinski definition) is 6. The van der Waals surface area contributed by atoms with Crippen LogP contribution in [0.5, 0.6) is 0 Å². The van der Waals surface area contributed by atoms with Crippen LogP contribution < -0.4 is 5.32 Å². The third-order valence-electron chi connectivity index (χ3n) is 4.95. The predicted octanol–water partition coefficient (Wildman–Crippen LogP) is 3.89. The topological polar surface area (TPSA) is 113 Å². The zero-order chi connectivity index (χ0) is 23.5. The van der Waals surface area contributed by atoms with E-state index < -0.39 is 15.8 Å². The predicted molar refractivity (Wildman–Crippen MR) is 124 cm³/mol. The Hall–Kier alpha value is -3.04. The zero-order valence-electron chi connectivity index (χ0n) is 18.0. The number of thiazole rings is 1. The van der Waals surface area contributed by atoms with Gasteiger partial charge in [-0.1, -0.05) is 24.3 Å². The second-order valence-electron chi connectivity index (χ2n) is 7.62. The molecule has 168 valence electrons. The van der Waals surface area contributed by atoms with Gasteiger partial charge in [-0.25, -0.2) is 18.2 Å². The number of carboxylic acid groups (broad SMARTS) is 1. The molecule has 0 aliphatic rings. The van der Waals surface area contributed by atoms with Crippen molar-refractivity contribution in [3.63, 3.8) is 0 Å². The van der Waals surface area contributed by atoms with Crippen LogP contribution in [0, 0.1) is 6.92 Å². The van der Waals surface area contributed by atoms with Crippen molar-refractivity contribution in [1.29, 1.82) is 0 Å². The lowest BCUT2D eigenvalue weighted by molar-refractivity contribution is -0.114. The number of amides is 1. The fourth-order valence-electron chi connectivity index (χ4n) is 3.34. The summed E-state index contributed by atoms with van der Waals surface area (Å²) < 4.78 is 23.4. The van der Waals surface area contributed by atoms with E-state index in [0.717, 1.165) is 21.7 Å². The van der Waals surface area contributed by atoms with Crippen LogP contribution >= 0.6 is 11.3 Å². The number of nitrogens with one attached hydrogen (secondary N) is 1. The average molecular weight is 473 g/mol. The van der Waals surface area contributed by atoms with Crippen molar-refractivity contribution in [2.45, 2.75) is 38.0 Å². The summed E-state index contributed by atoms with van der Waals surface area (Å²) in [7, 11) is -3.26. The normalized spacial score (nSPS) is 11.3. The highest BCUT2D eigenvalue weighted by Gasteiger charge is 2.15. The van der Waals surface area contributed by atoms with Gasteiger partial charge in [0.2, 0.25) is 5.91 Å².